The molecule has 1 amide bonds. The van der Waals surface area contributed by atoms with Gasteiger partial charge in [0, 0.05) is 7.11 Å². The zero-order valence-corrected chi connectivity index (χ0v) is 22.2. The first-order valence-corrected chi connectivity index (χ1v) is 12.6. The van der Waals surface area contributed by atoms with E-state index in [0.29, 0.717) is 18.2 Å². The number of benzene rings is 3. The topological polar surface area (TPSA) is 65.8 Å². The molecule has 0 spiro atoms. The van der Waals surface area contributed by atoms with Gasteiger partial charge in [0.2, 0.25) is 5.91 Å². The lowest BCUT2D eigenvalue weighted by molar-refractivity contribution is -0.119. The lowest BCUT2D eigenvalue weighted by Gasteiger charge is -2.32. The van der Waals surface area contributed by atoms with E-state index in [2.05, 4.69) is 26.0 Å². The molecule has 1 heterocycles. The summed E-state index contributed by atoms with van der Waals surface area (Å²) in [6.07, 6.45) is 0.829. The number of imidazole rings is 1. The number of aromatic nitrogens is 2. The minimum atomic E-state index is -0.141. The van der Waals surface area contributed by atoms with Gasteiger partial charge in [0.05, 0.1) is 36.5 Å². The molecule has 1 unspecified atom stereocenters. The molecule has 7 heteroatoms. The van der Waals surface area contributed by atoms with Crippen LogP contribution in [0.1, 0.15) is 30.8 Å². The Balaban J connectivity index is 1.68. The van der Waals surface area contributed by atoms with E-state index >= 15 is 0 Å². The molecule has 4 rings (SSSR count). The third-order valence-corrected chi connectivity index (χ3v) is 6.51. The van der Waals surface area contributed by atoms with Crippen LogP contribution in [-0.2, 0) is 29.1 Å². The fourth-order valence-corrected chi connectivity index (χ4v) is 4.70. The minimum absolute atomic E-state index is 0.0256. The smallest absolute Gasteiger partial charge is 0.247 e. The lowest BCUT2D eigenvalue weighted by Crippen LogP contribution is -2.44. The molecular weight excluding hydrogens is 466 g/mol. The van der Waals surface area contributed by atoms with Crippen molar-refractivity contribution in [2.75, 3.05) is 25.7 Å². The Kier molecular flexibility index (Phi) is 8.46. The van der Waals surface area contributed by atoms with Crippen LogP contribution in [0.4, 0.5) is 5.69 Å². The van der Waals surface area contributed by atoms with E-state index < -0.39 is 0 Å². The monoisotopic (exact) mass is 501 g/mol. The van der Waals surface area contributed by atoms with Gasteiger partial charge < -0.3 is 23.7 Å². The van der Waals surface area contributed by atoms with E-state index in [0.717, 1.165) is 40.0 Å². The van der Waals surface area contributed by atoms with Gasteiger partial charge >= 0.3 is 0 Å². The van der Waals surface area contributed by atoms with Gasteiger partial charge in [-0.2, -0.15) is 0 Å². The van der Waals surface area contributed by atoms with Crippen molar-refractivity contribution in [3.05, 3.63) is 83.7 Å². The Labute approximate surface area is 218 Å². The van der Waals surface area contributed by atoms with Crippen molar-refractivity contribution in [2.45, 2.75) is 46.4 Å². The van der Waals surface area contributed by atoms with Crippen molar-refractivity contribution in [3.63, 3.8) is 0 Å². The Bertz CT molecular complexity index is 1350. The Hall–Kier alpha value is -3.84. The Morgan fingerprint density at radius 3 is 2.43 bits per heavy atom. The van der Waals surface area contributed by atoms with Crippen LogP contribution in [0.3, 0.4) is 0 Å². The van der Waals surface area contributed by atoms with Crippen molar-refractivity contribution in [2.24, 2.45) is 0 Å². The molecule has 0 N–H and O–H groups in total. The zero-order valence-electron chi connectivity index (χ0n) is 22.2. The number of fused-ring (bicyclic) bond motifs is 1. The van der Waals surface area contributed by atoms with E-state index in [-0.39, 0.29) is 25.1 Å². The molecule has 1 atom stereocenters. The zero-order chi connectivity index (χ0) is 26.4. The number of hydrogen-bond acceptors (Lipinski definition) is 5. The summed E-state index contributed by atoms with van der Waals surface area (Å²) >= 11 is 0. The lowest BCUT2D eigenvalue weighted by atomic mass is 10.0. The quantitative estimate of drug-likeness (QED) is 0.269. The van der Waals surface area contributed by atoms with Crippen LogP contribution in [0.5, 0.6) is 11.5 Å². The standard InChI is InChI=1S/C30H35N3O4/c1-6-23-11-9-10-21(2)30(23)33(22(3)19-35-4)29(34)18-32-27-13-8-7-12-26(27)31-28(32)20-37-25-16-14-24(36-5)15-17-25/h7-17,22H,6,18-20H2,1-5H3. The molecule has 0 saturated carbocycles. The summed E-state index contributed by atoms with van der Waals surface area (Å²) in [6, 6.07) is 21.3. The first-order valence-electron chi connectivity index (χ1n) is 12.6. The molecule has 37 heavy (non-hydrogen) atoms. The van der Waals surface area contributed by atoms with Crippen molar-refractivity contribution in [1.82, 2.24) is 9.55 Å². The molecule has 3 aromatic carbocycles. The number of hydrogen-bond donors (Lipinski definition) is 0. The molecule has 0 aliphatic heterocycles. The third-order valence-electron chi connectivity index (χ3n) is 6.51. The van der Waals surface area contributed by atoms with Crippen molar-refractivity contribution < 1.29 is 19.0 Å². The summed E-state index contributed by atoms with van der Waals surface area (Å²) in [5.41, 5.74) is 4.87. The third kappa shape index (κ3) is 5.78. The highest BCUT2D eigenvalue weighted by atomic mass is 16.5. The van der Waals surface area contributed by atoms with Gasteiger partial charge in [0.15, 0.2) is 0 Å². The molecule has 7 nitrogen and oxygen atoms in total. The van der Waals surface area contributed by atoms with Crippen LogP contribution in [0.2, 0.25) is 0 Å². The number of methoxy groups -OCH3 is 2. The largest absolute Gasteiger partial charge is 0.497 e. The normalized spacial score (nSPS) is 11.9. The maximum absolute atomic E-state index is 14.1. The van der Waals surface area contributed by atoms with E-state index in [1.165, 1.54) is 0 Å². The predicted molar refractivity (Wildman–Crippen MR) is 146 cm³/mol. The number of ether oxygens (including phenoxy) is 3. The highest BCUT2D eigenvalue weighted by Crippen LogP contribution is 2.29. The van der Waals surface area contributed by atoms with E-state index in [1.54, 1.807) is 14.2 Å². The number of amides is 1. The van der Waals surface area contributed by atoms with Crippen molar-refractivity contribution in [1.29, 1.82) is 0 Å². The number of carbonyl (C=O) groups is 1. The minimum Gasteiger partial charge on any atom is -0.497 e. The summed E-state index contributed by atoms with van der Waals surface area (Å²) in [5, 5.41) is 0. The van der Waals surface area contributed by atoms with Crippen LogP contribution >= 0.6 is 0 Å². The second-order valence-corrected chi connectivity index (χ2v) is 9.07. The molecule has 4 aromatic rings. The number of anilines is 1. The van der Waals surface area contributed by atoms with E-state index in [4.69, 9.17) is 19.2 Å². The number of rotatable bonds is 11. The summed E-state index contributed by atoms with van der Waals surface area (Å²) in [4.78, 5) is 20.7. The molecule has 0 radical (unpaired) electrons. The highest BCUT2D eigenvalue weighted by molar-refractivity contribution is 5.96. The first kappa shape index (κ1) is 26.2. The van der Waals surface area contributed by atoms with E-state index in [1.807, 2.05) is 71.0 Å². The fourth-order valence-electron chi connectivity index (χ4n) is 4.70. The average Bonchev–Trinajstić information content (AvgIpc) is 3.26. The SMILES string of the molecule is CCc1cccc(C)c1N(C(=O)Cn1c(COc2ccc(OC)cc2)nc2ccccc21)C(C)COC. The first-order chi connectivity index (χ1) is 18.0. The summed E-state index contributed by atoms with van der Waals surface area (Å²) < 4.78 is 18.7. The molecule has 0 aliphatic rings. The maximum Gasteiger partial charge on any atom is 0.247 e. The van der Waals surface area contributed by atoms with Crippen LogP contribution in [0.25, 0.3) is 11.0 Å². The summed E-state index contributed by atoms with van der Waals surface area (Å²) in [6.45, 7) is 6.98. The van der Waals surface area contributed by atoms with Crippen LogP contribution in [-0.4, -0.2) is 42.3 Å². The highest BCUT2D eigenvalue weighted by Gasteiger charge is 2.27. The van der Waals surface area contributed by atoms with Gasteiger partial charge in [0.25, 0.3) is 0 Å². The van der Waals surface area contributed by atoms with Gasteiger partial charge in [-0.3, -0.25) is 4.79 Å². The number of aryl methyl sites for hydroxylation is 2. The number of nitrogens with zero attached hydrogens (tertiary/aromatic N) is 3. The predicted octanol–water partition coefficient (Wildman–Crippen LogP) is 5.56. The van der Waals surface area contributed by atoms with Crippen LogP contribution in [0, 0.1) is 6.92 Å². The summed E-state index contributed by atoms with van der Waals surface area (Å²) in [5.74, 6) is 2.12. The fraction of sp³-hybridized carbons (Fsp3) is 0.333. The maximum atomic E-state index is 14.1. The van der Waals surface area contributed by atoms with Crippen molar-refractivity contribution >= 4 is 22.6 Å². The molecule has 1 aromatic heterocycles. The second kappa shape index (κ2) is 11.9. The Morgan fingerprint density at radius 2 is 1.73 bits per heavy atom. The Morgan fingerprint density at radius 1 is 1.00 bits per heavy atom. The molecule has 0 saturated heterocycles. The van der Waals surface area contributed by atoms with Gasteiger partial charge in [-0.15, -0.1) is 0 Å². The van der Waals surface area contributed by atoms with Crippen LogP contribution in [0.15, 0.2) is 66.7 Å². The average molecular weight is 502 g/mol. The number of para-hydroxylation sites is 3. The molecule has 0 aliphatic carbocycles. The second-order valence-electron chi connectivity index (χ2n) is 9.07. The number of carbonyl (C=O) groups excluding carboxylic acids is 1. The molecule has 0 bridgehead atoms. The molecular formula is C30H35N3O4. The van der Waals surface area contributed by atoms with Gasteiger partial charge in [-0.05, 0) is 67.8 Å². The van der Waals surface area contributed by atoms with Crippen molar-refractivity contribution in [3.8, 4) is 11.5 Å². The van der Waals surface area contributed by atoms with E-state index in [9.17, 15) is 4.79 Å². The van der Waals surface area contributed by atoms with Gasteiger partial charge in [0.1, 0.15) is 30.5 Å². The van der Waals surface area contributed by atoms with Crippen LogP contribution < -0.4 is 14.4 Å². The molecule has 194 valence electrons. The summed E-state index contributed by atoms with van der Waals surface area (Å²) in [7, 11) is 3.29. The van der Waals surface area contributed by atoms with Gasteiger partial charge in [-0.1, -0.05) is 37.3 Å². The van der Waals surface area contributed by atoms with Gasteiger partial charge in [-0.25, -0.2) is 4.98 Å². The molecule has 0 fully saturated rings.